The number of aryl methyl sites for hydroxylation is 2. The number of rotatable bonds is 12. The van der Waals surface area contributed by atoms with Crippen molar-refractivity contribution in [3.63, 3.8) is 0 Å². The summed E-state index contributed by atoms with van der Waals surface area (Å²) in [5.41, 5.74) is 4.60. The van der Waals surface area contributed by atoms with Gasteiger partial charge in [-0.3, -0.25) is 9.59 Å². The number of hydrogen-bond acceptors (Lipinski definition) is 5. The zero-order valence-electron chi connectivity index (χ0n) is 19.1. The van der Waals surface area contributed by atoms with Gasteiger partial charge in [0.25, 0.3) is 0 Å². The van der Waals surface area contributed by atoms with Crippen molar-refractivity contribution in [2.24, 2.45) is 5.92 Å². The van der Waals surface area contributed by atoms with Gasteiger partial charge < -0.3 is 9.51 Å². The van der Waals surface area contributed by atoms with Gasteiger partial charge >= 0.3 is 0 Å². The number of allylic oxidation sites excluding steroid dienone is 1. The second-order valence-corrected chi connectivity index (χ2v) is 8.43. The largest absolute Gasteiger partial charge is 0.364 e. The number of aromatic nitrogens is 3. The molecule has 0 bridgehead atoms. The van der Waals surface area contributed by atoms with Gasteiger partial charge in [-0.15, -0.1) is 0 Å². The normalized spacial score (nSPS) is 11.5. The second-order valence-electron chi connectivity index (χ2n) is 8.43. The zero-order valence-corrected chi connectivity index (χ0v) is 19.1. The van der Waals surface area contributed by atoms with E-state index in [0.717, 1.165) is 60.3 Å². The summed E-state index contributed by atoms with van der Waals surface area (Å²) in [5.74, 6) is 1.13. The van der Waals surface area contributed by atoms with E-state index in [1.807, 2.05) is 33.0 Å². The van der Waals surface area contributed by atoms with Crippen molar-refractivity contribution in [3.05, 3.63) is 65.4 Å². The van der Waals surface area contributed by atoms with Gasteiger partial charge in [-0.2, -0.15) is 0 Å². The predicted molar refractivity (Wildman–Crippen MR) is 125 cm³/mol. The average molecular weight is 434 g/mol. The fourth-order valence-electron chi connectivity index (χ4n) is 3.40. The number of carbonyl (C=O) groups excluding carboxylic acids is 2. The smallest absolute Gasteiger partial charge is 0.184 e. The molecule has 2 heterocycles. The molecule has 0 radical (unpaired) electrons. The maximum Gasteiger partial charge on any atom is 0.184 e. The SMILES string of the molecule is Cc1ccc(-c2cnc(CCCCCCC(=O)c3ccon3)[nH]2)cc1/C=C\C(=O)C(C)C. The van der Waals surface area contributed by atoms with Gasteiger partial charge in [-0.25, -0.2) is 4.98 Å². The van der Waals surface area contributed by atoms with Crippen molar-refractivity contribution in [1.29, 1.82) is 0 Å². The second kappa shape index (κ2) is 11.4. The van der Waals surface area contributed by atoms with Crippen LogP contribution in [0.3, 0.4) is 0 Å². The van der Waals surface area contributed by atoms with Gasteiger partial charge in [0.05, 0.1) is 11.9 Å². The molecule has 0 aliphatic rings. The Bertz CT molecular complexity index is 1060. The summed E-state index contributed by atoms with van der Waals surface area (Å²) in [5, 5.41) is 3.68. The fourth-order valence-corrected chi connectivity index (χ4v) is 3.40. The van der Waals surface area contributed by atoms with Crippen LogP contribution in [-0.2, 0) is 11.2 Å². The van der Waals surface area contributed by atoms with Crippen LogP contribution in [-0.4, -0.2) is 26.7 Å². The lowest BCUT2D eigenvalue weighted by Crippen LogP contribution is -2.01. The molecule has 1 aromatic carbocycles. The maximum atomic E-state index is 11.9. The highest BCUT2D eigenvalue weighted by Gasteiger charge is 2.09. The zero-order chi connectivity index (χ0) is 22.9. The number of H-pyrrole nitrogens is 1. The van der Waals surface area contributed by atoms with Crippen molar-refractivity contribution < 1.29 is 14.1 Å². The summed E-state index contributed by atoms with van der Waals surface area (Å²) in [6, 6.07) is 7.83. The quantitative estimate of drug-likeness (QED) is 0.215. The highest BCUT2D eigenvalue weighted by atomic mass is 16.5. The molecule has 0 atom stereocenters. The molecule has 3 rings (SSSR count). The molecule has 3 aromatic rings. The maximum absolute atomic E-state index is 11.9. The van der Waals surface area contributed by atoms with E-state index < -0.39 is 0 Å². The van der Waals surface area contributed by atoms with Crippen LogP contribution in [0.1, 0.15) is 73.4 Å². The average Bonchev–Trinajstić information content (AvgIpc) is 3.47. The molecular formula is C26H31N3O3. The number of unbranched alkanes of at least 4 members (excludes halogenated alkanes) is 3. The molecule has 0 fully saturated rings. The van der Waals surface area contributed by atoms with E-state index in [-0.39, 0.29) is 17.5 Å². The first-order valence-electron chi connectivity index (χ1n) is 11.2. The number of aromatic amines is 1. The Morgan fingerprint density at radius 2 is 1.94 bits per heavy atom. The molecule has 0 aliphatic heterocycles. The molecule has 1 N–H and O–H groups in total. The first-order valence-corrected chi connectivity index (χ1v) is 11.2. The third-order valence-electron chi connectivity index (χ3n) is 5.51. The van der Waals surface area contributed by atoms with Gasteiger partial charge in [-0.1, -0.05) is 50.1 Å². The minimum atomic E-state index is -0.00107. The topological polar surface area (TPSA) is 88.8 Å². The minimum Gasteiger partial charge on any atom is -0.364 e. The number of ketones is 2. The third-order valence-corrected chi connectivity index (χ3v) is 5.51. The summed E-state index contributed by atoms with van der Waals surface area (Å²) in [4.78, 5) is 31.7. The van der Waals surface area contributed by atoms with Gasteiger partial charge in [0.1, 0.15) is 17.8 Å². The molecular weight excluding hydrogens is 402 g/mol. The molecule has 2 aromatic heterocycles. The molecule has 0 unspecified atom stereocenters. The Morgan fingerprint density at radius 1 is 1.12 bits per heavy atom. The molecule has 0 amide bonds. The Balaban J connectivity index is 1.47. The molecule has 6 heteroatoms. The standard InChI is InChI=1S/C26H31N3O3/c1-18(2)24(30)13-12-20-16-21(11-10-19(20)3)23-17-27-26(28-23)9-7-5-4-6-8-25(31)22-14-15-32-29-22/h10-18H,4-9H2,1-3H3,(H,27,28)/b13-12-. The Morgan fingerprint density at radius 3 is 2.69 bits per heavy atom. The van der Waals surface area contributed by atoms with E-state index in [1.165, 1.54) is 6.26 Å². The molecule has 0 saturated carbocycles. The van der Waals surface area contributed by atoms with Gasteiger partial charge in [0, 0.05) is 30.4 Å². The molecule has 0 spiro atoms. The first-order chi connectivity index (χ1) is 15.4. The summed E-state index contributed by atoms with van der Waals surface area (Å²) in [6.07, 6.45) is 12.1. The predicted octanol–water partition coefficient (Wildman–Crippen LogP) is 5.99. The molecule has 0 aliphatic carbocycles. The van der Waals surface area contributed by atoms with Crippen LogP contribution >= 0.6 is 0 Å². The lowest BCUT2D eigenvalue weighted by molar-refractivity contribution is -0.117. The third kappa shape index (κ3) is 6.61. The molecule has 6 nitrogen and oxygen atoms in total. The van der Waals surface area contributed by atoms with Crippen molar-refractivity contribution in [2.45, 2.75) is 59.3 Å². The Kier molecular flexibility index (Phi) is 8.31. The van der Waals surface area contributed by atoms with Crippen LogP contribution in [0.25, 0.3) is 17.3 Å². The van der Waals surface area contributed by atoms with Gasteiger partial charge in [0.2, 0.25) is 0 Å². The van der Waals surface area contributed by atoms with Crippen molar-refractivity contribution >= 4 is 17.6 Å². The van der Waals surface area contributed by atoms with E-state index >= 15 is 0 Å². The number of nitrogens with zero attached hydrogens (tertiary/aromatic N) is 2. The molecule has 32 heavy (non-hydrogen) atoms. The van der Waals surface area contributed by atoms with Crippen LogP contribution in [0.4, 0.5) is 0 Å². The minimum absolute atomic E-state index is 0.00107. The number of Topliss-reactive ketones (excluding diaryl/α,β-unsaturated/α-hetero) is 1. The summed E-state index contributed by atoms with van der Waals surface area (Å²) in [6.45, 7) is 5.85. The molecule has 168 valence electrons. The van der Waals surface area contributed by atoms with Crippen LogP contribution in [0.5, 0.6) is 0 Å². The van der Waals surface area contributed by atoms with E-state index in [2.05, 4.69) is 33.3 Å². The highest BCUT2D eigenvalue weighted by molar-refractivity contribution is 5.95. The Hall–Kier alpha value is -3.28. The summed E-state index contributed by atoms with van der Waals surface area (Å²) in [7, 11) is 0. The number of hydrogen-bond donors (Lipinski definition) is 1. The van der Waals surface area contributed by atoms with Crippen molar-refractivity contribution in [3.8, 4) is 11.3 Å². The van der Waals surface area contributed by atoms with E-state index in [4.69, 9.17) is 4.52 Å². The van der Waals surface area contributed by atoms with Gasteiger partial charge in [-0.05, 0) is 43.0 Å². The van der Waals surface area contributed by atoms with Crippen LogP contribution < -0.4 is 0 Å². The first kappa shape index (κ1) is 23.4. The summed E-state index contributed by atoms with van der Waals surface area (Å²) < 4.78 is 4.71. The molecule has 0 saturated heterocycles. The van der Waals surface area contributed by atoms with Gasteiger partial charge in [0.15, 0.2) is 11.6 Å². The Labute approximate surface area is 189 Å². The lowest BCUT2D eigenvalue weighted by atomic mass is 10.0. The van der Waals surface area contributed by atoms with E-state index in [1.54, 1.807) is 12.1 Å². The van der Waals surface area contributed by atoms with Crippen LogP contribution in [0.2, 0.25) is 0 Å². The van der Waals surface area contributed by atoms with Crippen molar-refractivity contribution in [2.75, 3.05) is 0 Å². The fraction of sp³-hybridized carbons (Fsp3) is 0.385. The summed E-state index contributed by atoms with van der Waals surface area (Å²) >= 11 is 0. The number of carbonyl (C=O) groups is 2. The number of nitrogens with one attached hydrogen (secondary N) is 1. The number of benzene rings is 1. The van der Waals surface area contributed by atoms with Crippen LogP contribution in [0.15, 0.2) is 47.3 Å². The number of imidazole rings is 1. The van der Waals surface area contributed by atoms with E-state index in [9.17, 15) is 9.59 Å². The highest BCUT2D eigenvalue weighted by Crippen LogP contribution is 2.22. The van der Waals surface area contributed by atoms with Crippen LogP contribution in [0, 0.1) is 12.8 Å². The lowest BCUT2D eigenvalue weighted by Gasteiger charge is -2.05. The monoisotopic (exact) mass is 433 g/mol. The van der Waals surface area contributed by atoms with E-state index in [0.29, 0.717) is 12.1 Å². The van der Waals surface area contributed by atoms with Crippen molar-refractivity contribution in [1.82, 2.24) is 15.1 Å².